The fourth-order valence-electron chi connectivity index (χ4n) is 2.71. The van der Waals surface area contributed by atoms with Crippen LogP contribution >= 0.6 is 0 Å². The van der Waals surface area contributed by atoms with Crippen LogP contribution in [0.15, 0.2) is 29.2 Å². The minimum Gasteiger partial charge on any atom is -0.494 e. The summed E-state index contributed by atoms with van der Waals surface area (Å²) in [6.45, 7) is 2.03. The molecule has 0 bridgehead atoms. The highest BCUT2D eigenvalue weighted by Crippen LogP contribution is 2.16. The minimum atomic E-state index is -3.18. The van der Waals surface area contributed by atoms with Gasteiger partial charge in [-0.15, -0.1) is 0 Å². The molecule has 0 radical (unpaired) electrons. The Morgan fingerprint density at radius 3 is 2.58 bits per heavy atom. The van der Waals surface area contributed by atoms with E-state index < -0.39 is 9.84 Å². The SMILES string of the molecule is CN(CCCOc1ccc(S(C)(=O)=O)cc1)C(=O)C1CCCCN1. The molecule has 1 heterocycles. The summed E-state index contributed by atoms with van der Waals surface area (Å²) >= 11 is 0. The summed E-state index contributed by atoms with van der Waals surface area (Å²) < 4.78 is 28.4. The Morgan fingerprint density at radius 1 is 1.29 bits per heavy atom. The number of piperidine rings is 1. The number of hydrogen-bond donors (Lipinski definition) is 1. The van der Waals surface area contributed by atoms with Crippen LogP contribution in [0.3, 0.4) is 0 Å². The van der Waals surface area contributed by atoms with Gasteiger partial charge < -0.3 is 15.0 Å². The number of ether oxygens (including phenoxy) is 1. The lowest BCUT2D eigenvalue weighted by molar-refractivity contribution is -0.132. The first-order chi connectivity index (χ1) is 11.4. The minimum absolute atomic E-state index is 0.0480. The van der Waals surface area contributed by atoms with Gasteiger partial charge in [0.15, 0.2) is 9.84 Å². The summed E-state index contributed by atoms with van der Waals surface area (Å²) in [6.07, 6.45) is 5.05. The normalized spacial score (nSPS) is 18.2. The summed E-state index contributed by atoms with van der Waals surface area (Å²) in [5, 5.41) is 3.26. The van der Waals surface area contributed by atoms with Crippen LogP contribution in [0, 0.1) is 0 Å². The molecule has 2 rings (SSSR count). The molecule has 0 aliphatic carbocycles. The van der Waals surface area contributed by atoms with Crippen molar-refractivity contribution >= 4 is 15.7 Å². The van der Waals surface area contributed by atoms with Crippen molar-refractivity contribution in [1.82, 2.24) is 10.2 Å². The van der Waals surface area contributed by atoms with Crippen molar-refractivity contribution in [2.75, 3.05) is 33.0 Å². The van der Waals surface area contributed by atoms with Crippen molar-refractivity contribution in [3.8, 4) is 5.75 Å². The third-order valence-electron chi connectivity index (χ3n) is 4.14. The van der Waals surface area contributed by atoms with Gasteiger partial charge in [0.2, 0.25) is 5.91 Å². The Balaban J connectivity index is 1.71. The molecule has 1 unspecified atom stereocenters. The van der Waals surface area contributed by atoms with E-state index in [1.807, 2.05) is 7.05 Å². The Bertz CT molecular complexity index is 637. The smallest absolute Gasteiger partial charge is 0.239 e. The number of nitrogens with zero attached hydrogens (tertiary/aromatic N) is 1. The van der Waals surface area contributed by atoms with Crippen molar-refractivity contribution in [2.24, 2.45) is 0 Å². The summed E-state index contributed by atoms with van der Waals surface area (Å²) in [5.41, 5.74) is 0. The molecule has 1 amide bonds. The lowest BCUT2D eigenvalue weighted by atomic mass is 10.0. The molecular formula is C17H26N2O4S. The molecule has 1 fully saturated rings. The van der Waals surface area contributed by atoms with Gasteiger partial charge in [-0.3, -0.25) is 4.79 Å². The van der Waals surface area contributed by atoms with E-state index in [1.54, 1.807) is 17.0 Å². The van der Waals surface area contributed by atoms with Crippen molar-refractivity contribution < 1.29 is 17.9 Å². The fourth-order valence-corrected chi connectivity index (χ4v) is 3.34. The molecule has 0 spiro atoms. The second-order valence-electron chi connectivity index (χ2n) is 6.21. The average molecular weight is 354 g/mol. The number of carbonyl (C=O) groups excluding carboxylic acids is 1. The quantitative estimate of drug-likeness (QED) is 0.750. The van der Waals surface area contributed by atoms with E-state index >= 15 is 0 Å². The maximum atomic E-state index is 12.3. The van der Waals surface area contributed by atoms with E-state index in [0.29, 0.717) is 18.9 Å². The number of nitrogens with one attached hydrogen (secondary N) is 1. The van der Waals surface area contributed by atoms with E-state index in [1.165, 1.54) is 18.4 Å². The molecule has 1 aliphatic rings. The van der Waals surface area contributed by atoms with Crippen molar-refractivity contribution in [3.63, 3.8) is 0 Å². The molecule has 1 aromatic carbocycles. The summed E-state index contributed by atoms with van der Waals surface area (Å²) in [5.74, 6) is 0.775. The van der Waals surface area contributed by atoms with Crippen LogP contribution in [0.5, 0.6) is 5.75 Å². The molecular weight excluding hydrogens is 328 g/mol. The number of hydrogen-bond acceptors (Lipinski definition) is 5. The lowest BCUT2D eigenvalue weighted by Crippen LogP contribution is -2.47. The molecule has 0 aromatic heterocycles. The number of benzene rings is 1. The highest BCUT2D eigenvalue weighted by atomic mass is 32.2. The summed E-state index contributed by atoms with van der Waals surface area (Å²) in [6, 6.07) is 6.33. The third kappa shape index (κ3) is 5.49. The van der Waals surface area contributed by atoms with Crippen LogP contribution in [0.1, 0.15) is 25.7 Å². The van der Waals surface area contributed by atoms with Gasteiger partial charge in [-0.05, 0) is 50.1 Å². The summed E-state index contributed by atoms with van der Waals surface area (Å²) in [7, 11) is -1.36. The maximum Gasteiger partial charge on any atom is 0.239 e. The van der Waals surface area contributed by atoms with Gasteiger partial charge in [0, 0.05) is 19.8 Å². The number of amides is 1. The first-order valence-electron chi connectivity index (χ1n) is 8.29. The zero-order chi connectivity index (χ0) is 17.6. The van der Waals surface area contributed by atoms with Crippen LogP contribution < -0.4 is 10.1 Å². The molecule has 7 heteroatoms. The second-order valence-corrected chi connectivity index (χ2v) is 8.22. The molecule has 1 N–H and O–H groups in total. The number of sulfone groups is 1. The zero-order valence-corrected chi connectivity index (χ0v) is 15.1. The Morgan fingerprint density at radius 2 is 2.00 bits per heavy atom. The average Bonchev–Trinajstić information content (AvgIpc) is 2.58. The predicted molar refractivity (Wildman–Crippen MR) is 92.9 cm³/mol. The predicted octanol–water partition coefficient (Wildman–Crippen LogP) is 1.46. The molecule has 1 aliphatic heterocycles. The first kappa shape index (κ1) is 18.7. The van der Waals surface area contributed by atoms with Gasteiger partial charge >= 0.3 is 0 Å². The first-order valence-corrected chi connectivity index (χ1v) is 10.2. The topological polar surface area (TPSA) is 75.7 Å². The Labute approximate surface area is 144 Å². The van der Waals surface area contributed by atoms with E-state index in [4.69, 9.17) is 4.74 Å². The highest BCUT2D eigenvalue weighted by Gasteiger charge is 2.23. The largest absolute Gasteiger partial charge is 0.494 e. The monoisotopic (exact) mass is 354 g/mol. The Kier molecular flexibility index (Phi) is 6.62. The third-order valence-corrected chi connectivity index (χ3v) is 5.27. The van der Waals surface area contributed by atoms with Gasteiger partial charge in [0.25, 0.3) is 0 Å². The van der Waals surface area contributed by atoms with E-state index in [0.717, 1.165) is 32.2 Å². The second kappa shape index (κ2) is 8.48. The fraction of sp³-hybridized carbons (Fsp3) is 0.588. The van der Waals surface area contributed by atoms with E-state index in [2.05, 4.69) is 5.32 Å². The lowest BCUT2D eigenvalue weighted by Gasteiger charge is -2.27. The molecule has 134 valence electrons. The number of rotatable bonds is 7. The van der Waals surface area contributed by atoms with Gasteiger partial charge in [-0.2, -0.15) is 0 Å². The van der Waals surface area contributed by atoms with Crippen LogP contribution in [-0.2, 0) is 14.6 Å². The Hall–Kier alpha value is -1.60. The van der Waals surface area contributed by atoms with Crippen LogP contribution in [0.2, 0.25) is 0 Å². The molecule has 6 nitrogen and oxygen atoms in total. The zero-order valence-electron chi connectivity index (χ0n) is 14.3. The van der Waals surface area contributed by atoms with Crippen molar-refractivity contribution in [1.29, 1.82) is 0 Å². The van der Waals surface area contributed by atoms with E-state index in [9.17, 15) is 13.2 Å². The summed E-state index contributed by atoms with van der Waals surface area (Å²) in [4.78, 5) is 14.3. The van der Waals surface area contributed by atoms with Gasteiger partial charge in [0.1, 0.15) is 5.75 Å². The number of likely N-dealkylation sites (N-methyl/N-ethyl adjacent to an activating group) is 1. The molecule has 1 saturated heterocycles. The van der Waals surface area contributed by atoms with Crippen LogP contribution in [-0.4, -0.2) is 58.3 Å². The van der Waals surface area contributed by atoms with Gasteiger partial charge in [-0.25, -0.2) is 8.42 Å². The van der Waals surface area contributed by atoms with Crippen LogP contribution in [0.25, 0.3) is 0 Å². The maximum absolute atomic E-state index is 12.3. The van der Waals surface area contributed by atoms with E-state index in [-0.39, 0.29) is 16.8 Å². The molecule has 24 heavy (non-hydrogen) atoms. The molecule has 0 saturated carbocycles. The molecule has 1 atom stereocenters. The standard InChI is InChI=1S/C17H26N2O4S/c1-19(17(20)16-6-3-4-11-18-16)12-5-13-23-14-7-9-15(10-8-14)24(2,21)22/h7-10,16,18H,3-6,11-13H2,1-2H3. The van der Waals surface area contributed by atoms with Gasteiger partial charge in [-0.1, -0.05) is 6.42 Å². The van der Waals surface area contributed by atoms with Crippen LogP contribution in [0.4, 0.5) is 0 Å². The van der Waals surface area contributed by atoms with Crippen molar-refractivity contribution in [2.45, 2.75) is 36.6 Å². The number of carbonyl (C=O) groups is 1. The van der Waals surface area contributed by atoms with Gasteiger partial charge in [0.05, 0.1) is 17.5 Å². The molecule has 1 aromatic rings. The highest BCUT2D eigenvalue weighted by molar-refractivity contribution is 7.90. The van der Waals surface area contributed by atoms with Crippen molar-refractivity contribution in [3.05, 3.63) is 24.3 Å².